The molecule has 1 saturated heterocycles. The van der Waals surface area contributed by atoms with Gasteiger partial charge in [-0.05, 0) is 19.4 Å². The van der Waals surface area contributed by atoms with Crippen molar-refractivity contribution in [2.45, 2.75) is 51.6 Å². The van der Waals surface area contributed by atoms with Crippen LogP contribution in [-0.4, -0.2) is 35.7 Å². The van der Waals surface area contributed by atoms with E-state index in [-0.39, 0.29) is 6.10 Å². The summed E-state index contributed by atoms with van der Waals surface area (Å²) in [5, 5.41) is 9.30. The molecule has 0 spiro atoms. The van der Waals surface area contributed by atoms with Gasteiger partial charge in [0.2, 0.25) is 0 Å². The normalized spacial score (nSPS) is 24.0. The van der Waals surface area contributed by atoms with Crippen LogP contribution >= 0.6 is 0 Å². The van der Waals surface area contributed by atoms with Crippen LogP contribution in [0.3, 0.4) is 0 Å². The minimum absolute atomic E-state index is 0.0457. The minimum atomic E-state index is -0.0457. The van der Waals surface area contributed by atoms with E-state index in [0.29, 0.717) is 0 Å². The van der Waals surface area contributed by atoms with E-state index < -0.39 is 0 Å². The summed E-state index contributed by atoms with van der Waals surface area (Å²) in [6.45, 7) is 5.46. The predicted octanol–water partition coefficient (Wildman–Crippen LogP) is 2.02. The average molecular weight is 185 g/mol. The second-order valence-electron chi connectivity index (χ2n) is 4.16. The third-order valence-corrected chi connectivity index (χ3v) is 2.83. The van der Waals surface area contributed by atoms with Crippen molar-refractivity contribution in [2.75, 3.05) is 19.6 Å². The number of likely N-dealkylation sites (tertiary alicyclic amines) is 1. The Balaban J connectivity index is 1.88. The molecule has 0 bridgehead atoms. The van der Waals surface area contributed by atoms with Crippen molar-refractivity contribution in [3.63, 3.8) is 0 Å². The number of nitrogens with zero attached hydrogens (tertiary/aromatic N) is 1. The highest BCUT2D eigenvalue weighted by Crippen LogP contribution is 2.10. The fraction of sp³-hybridized carbons (Fsp3) is 1.00. The molecule has 0 radical (unpaired) electrons. The number of β-amino-alcohol motifs (C(OH)–C–C–N with tert-alkyl or cyclic N) is 1. The number of hydrogen-bond acceptors (Lipinski definition) is 2. The lowest BCUT2D eigenvalue weighted by Gasteiger charge is -2.13. The van der Waals surface area contributed by atoms with E-state index in [4.69, 9.17) is 0 Å². The van der Waals surface area contributed by atoms with Crippen LogP contribution in [0.2, 0.25) is 0 Å². The van der Waals surface area contributed by atoms with Gasteiger partial charge in [0.25, 0.3) is 0 Å². The lowest BCUT2D eigenvalue weighted by atomic mass is 10.1. The maximum atomic E-state index is 9.30. The lowest BCUT2D eigenvalue weighted by Crippen LogP contribution is -2.23. The van der Waals surface area contributed by atoms with Crippen LogP contribution in [0, 0.1) is 0 Å². The Morgan fingerprint density at radius 3 is 2.62 bits per heavy atom. The number of hydrogen-bond donors (Lipinski definition) is 1. The van der Waals surface area contributed by atoms with Gasteiger partial charge in [-0.2, -0.15) is 0 Å². The van der Waals surface area contributed by atoms with E-state index in [1.54, 1.807) is 0 Å². The van der Waals surface area contributed by atoms with E-state index in [2.05, 4.69) is 11.8 Å². The van der Waals surface area contributed by atoms with Crippen molar-refractivity contribution in [3.8, 4) is 0 Å². The fourth-order valence-corrected chi connectivity index (χ4v) is 1.95. The monoisotopic (exact) mass is 185 g/mol. The topological polar surface area (TPSA) is 23.5 Å². The molecule has 1 fully saturated rings. The third-order valence-electron chi connectivity index (χ3n) is 2.83. The molecule has 0 amide bonds. The van der Waals surface area contributed by atoms with E-state index >= 15 is 0 Å². The van der Waals surface area contributed by atoms with Gasteiger partial charge in [0.15, 0.2) is 0 Å². The molecule has 2 nitrogen and oxygen atoms in total. The van der Waals surface area contributed by atoms with E-state index in [0.717, 1.165) is 19.5 Å². The number of aliphatic hydroxyl groups is 1. The first-order chi connectivity index (χ1) is 6.33. The molecule has 1 rings (SSSR count). The highest BCUT2D eigenvalue weighted by molar-refractivity contribution is 4.73. The largest absolute Gasteiger partial charge is 0.392 e. The summed E-state index contributed by atoms with van der Waals surface area (Å²) in [5.74, 6) is 0. The molecular weight excluding hydrogens is 162 g/mol. The Labute approximate surface area is 81.9 Å². The summed E-state index contributed by atoms with van der Waals surface area (Å²) in [6, 6.07) is 0. The summed E-state index contributed by atoms with van der Waals surface area (Å²) in [7, 11) is 0. The van der Waals surface area contributed by atoms with Gasteiger partial charge >= 0.3 is 0 Å². The molecule has 0 aromatic rings. The zero-order valence-electron chi connectivity index (χ0n) is 8.84. The molecule has 1 heterocycles. The smallest absolute Gasteiger partial charge is 0.0679 e. The van der Waals surface area contributed by atoms with Crippen molar-refractivity contribution in [1.82, 2.24) is 4.90 Å². The van der Waals surface area contributed by atoms with Gasteiger partial charge in [0.05, 0.1) is 6.10 Å². The second kappa shape index (κ2) is 6.39. The maximum Gasteiger partial charge on any atom is 0.0679 e. The van der Waals surface area contributed by atoms with Gasteiger partial charge in [-0.3, -0.25) is 0 Å². The Hall–Kier alpha value is -0.0800. The Morgan fingerprint density at radius 1 is 1.23 bits per heavy atom. The predicted molar refractivity (Wildman–Crippen MR) is 55.8 cm³/mol. The molecule has 2 heteroatoms. The third kappa shape index (κ3) is 4.63. The van der Waals surface area contributed by atoms with Crippen LogP contribution in [0.4, 0.5) is 0 Å². The maximum absolute atomic E-state index is 9.30. The van der Waals surface area contributed by atoms with Crippen molar-refractivity contribution < 1.29 is 5.11 Å². The molecule has 1 atom stereocenters. The fourth-order valence-electron chi connectivity index (χ4n) is 1.95. The number of rotatable bonds is 6. The Bertz CT molecular complexity index is 127. The number of aliphatic hydroxyl groups excluding tert-OH is 1. The molecule has 0 aromatic heterocycles. The Kier molecular flexibility index (Phi) is 5.40. The molecule has 0 aliphatic carbocycles. The van der Waals surface area contributed by atoms with Crippen LogP contribution < -0.4 is 0 Å². The number of unbranched alkanes of at least 4 members (excludes halogenated alkanes) is 4. The van der Waals surface area contributed by atoms with E-state index in [9.17, 15) is 5.11 Å². The standard InChI is InChI=1S/C11H23NO/c1-2-3-4-5-6-8-12-9-7-11(13)10-12/h11,13H,2-10H2,1H3/t11-/m1/s1. The molecule has 0 aromatic carbocycles. The summed E-state index contributed by atoms with van der Waals surface area (Å²) < 4.78 is 0. The van der Waals surface area contributed by atoms with Gasteiger partial charge in [0.1, 0.15) is 0 Å². The van der Waals surface area contributed by atoms with Gasteiger partial charge < -0.3 is 10.0 Å². The molecule has 1 aliphatic heterocycles. The van der Waals surface area contributed by atoms with Gasteiger partial charge in [0, 0.05) is 13.1 Å². The van der Waals surface area contributed by atoms with Crippen LogP contribution in [-0.2, 0) is 0 Å². The molecule has 13 heavy (non-hydrogen) atoms. The first-order valence-electron chi connectivity index (χ1n) is 5.73. The van der Waals surface area contributed by atoms with Crippen molar-refractivity contribution in [1.29, 1.82) is 0 Å². The highest BCUT2D eigenvalue weighted by Gasteiger charge is 2.18. The van der Waals surface area contributed by atoms with Crippen LogP contribution in [0.5, 0.6) is 0 Å². The first kappa shape index (κ1) is 11.0. The molecule has 0 saturated carbocycles. The molecular formula is C11H23NO. The molecule has 1 N–H and O–H groups in total. The zero-order chi connectivity index (χ0) is 9.52. The Morgan fingerprint density at radius 2 is 2.00 bits per heavy atom. The van der Waals surface area contributed by atoms with Crippen molar-refractivity contribution in [3.05, 3.63) is 0 Å². The van der Waals surface area contributed by atoms with Gasteiger partial charge in [-0.25, -0.2) is 0 Å². The van der Waals surface area contributed by atoms with E-state index in [1.165, 1.54) is 38.6 Å². The summed E-state index contributed by atoms with van der Waals surface area (Å²) in [4.78, 5) is 2.39. The first-order valence-corrected chi connectivity index (χ1v) is 5.73. The lowest BCUT2D eigenvalue weighted by molar-refractivity contribution is 0.175. The average Bonchev–Trinajstić information content (AvgIpc) is 2.51. The second-order valence-corrected chi connectivity index (χ2v) is 4.16. The SMILES string of the molecule is CCCCCCCN1CC[C@@H](O)C1. The van der Waals surface area contributed by atoms with Crippen LogP contribution in [0.1, 0.15) is 45.4 Å². The van der Waals surface area contributed by atoms with Crippen LogP contribution in [0.15, 0.2) is 0 Å². The quantitative estimate of drug-likeness (QED) is 0.640. The zero-order valence-corrected chi connectivity index (χ0v) is 8.84. The minimum Gasteiger partial charge on any atom is -0.392 e. The van der Waals surface area contributed by atoms with Crippen LogP contribution in [0.25, 0.3) is 0 Å². The van der Waals surface area contributed by atoms with Gasteiger partial charge in [-0.1, -0.05) is 32.6 Å². The summed E-state index contributed by atoms with van der Waals surface area (Å²) in [6.07, 6.45) is 7.69. The summed E-state index contributed by atoms with van der Waals surface area (Å²) >= 11 is 0. The molecule has 1 aliphatic rings. The van der Waals surface area contributed by atoms with Crippen molar-refractivity contribution in [2.24, 2.45) is 0 Å². The summed E-state index contributed by atoms with van der Waals surface area (Å²) in [5.41, 5.74) is 0. The van der Waals surface area contributed by atoms with Gasteiger partial charge in [-0.15, -0.1) is 0 Å². The van der Waals surface area contributed by atoms with Crippen molar-refractivity contribution >= 4 is 0 Å². The molecule has 0 unspecified atom stereocenters. The van der Waals surface area contributed by atoms with E-state index in [1.807, 2.05) is 0 Å². The molecule has 78 valence electrons. The highest BCUT2D eigenvalue weighted by atomic mass is 16.3.